The van der Waals surface area contributed by atoms with E-state index in [0.717, 1.165) is 37.5 Å². The third-order valence-corrected chi connectivity index (χ3v) is 6.95. The number of carbonyl (C=O) groups is 1. The van der Waals surface area contributed by atoms with Crippen molar-refractivity contribution in [1.29, 1.82) is 0 Å². The standard InChI is InChI=1S/C21H25F6N3OS.ClH/c1-13(31)30(17-9-15(20(22,23)24)8-16(10-17)21(25,26)27)18-12-32-19(29(18)2)28-11-14-6-4-3-5-7-14;/h8-10,14,18H,3-7,11-12H2,1-2H3;1H. The Bertz CT molecular complexity index is 838. The number of halogens is 7. The van der Waals surface area contributed by atoms with Gasteiger partial charge in [-0.2, -0.15) is 26.3 Å². The van der Waals surface area contributed by atoms with E-state index < -0.39 is 41.2 Å². The Balaban J connectivity index is 0.00000385. The molecule has 1 aromatic carbocycles. The van der Waals surface area contributed by atoms with E-state index in [1.807, 2.05) is 0 Å². The molecule has 0 radical (unpaired) electrons. The summed E-state index contributed by atoms with van der Waals surface area (Å²) < 4.78 is 79.7. The average molecular weight is 518 g/mol. The Kier molecular flexibility index (Phi) is 9.00. The van der Waals surface area contributed by atoms with Gasteiger partial charge in [-0.25, -0.2) is 0 Å². The lowest BCUT2D eigenvalue weighted by Gasteiger charge is -2.33. The number of aliphatic imine (C=N–C) groups is 1. The van der Waals surface area contributed by atoms with Gasteiger partial charge < -0.3 is 4.90 Å². The average Bonchev–Trinajstić information content (AvgIpc) is 3.06. The topological polar surface area (TPSA) is 35.9 Å². The van der Waals surface area contributed by atoms with Gasteiger partial charge in [0.15, 0.2) is 5.17 Å². The molecule has 1 aliphatic carbocycles. The fourth-order valence-electron chi connectivity index (χ4n) is 4.11. The lowest BCUT2D eigenvalue weighted by Crippen LogP contribution is -2.48. The van der Waals surface area contributed by atoms with Crippen molar-refractivity contribution in [1.82, 2.24) is 4.90 Å². The van der Waals surface area contributed by atoms with E-state index in [4.69, 9.17) is 0 Å². The van der Waals surface area contributed by atoms with Crippen LogP contribution in [0, 0.1) is 5.92 Å². The summed E-state index contributed by atoms with van der Waals surface area (Å²) in [6, 6.07) is 1.24. The number of carbonyl (C=O) groups excluding carboxylic acids is 1. The summed E-state index contributed by atoms with van der Waals surface area (Å²) in [5.41, 5.74) is -3.34. The number of alkyl halides is 6. The van der Waals surface area contributed by atoms with Gasteiger partial charge in [0.2, 0.25) is 5.91 Å². The van der Waals surface area contributed by atoms with E-state index in [1.165, 1.54) is 18.2 Å². The second-order valence-corrected chi connectivity index (χ2v) is 9.17. The molecular weight excluding hydrogens is 492 g/mol. The fourth-order valence-corrected chi connectivity index (χ4v) is 5.28. The van der Waals surface area contributed by atoms with Gasteiger partial charge in [-0.3, -0.25) is 14.7 Å². The van der Waals surface area contributed by atoms with Gasteiger partial charge >= 0.3 is 12.4 Å². The normalized spacial score (nSPS) is 21.3. The van der Waals surface area contributed by atoms with Crippen LogP contribution in [-0.4, -0.2) is 41.5 Å². The number of anilines is 1. The van der Waals surface area contributed by atoms with Crippen molar-refractivity contribution < 1.29 is 31.1 Å². The summed E-state index contributed by atoms with van der Waals surface area (Å²) in [6.07, 6.45) is -4.98. The molecule has 1 aromatic rings. The highest BCUT2D eigenvalue weighted by Gasteiger charge is 2.40. The van der Waals surface area contributed by atoms with Gasteiger partial charge in [0, 0.05) is 32.0 Å². The number of amidine groups is 1. The zero-order valence-electron chi connectivity index (χ0n) is 18.2. The minimum atomic E-state index is -4.98. The predicted molar refractivity (Wildman–Crippen MR) is 120 cm³/mol. The first-order chi connectivity index (χ1) is 14.9. The SMILES string of the molecule is CC(=O)N(c1cc(C(F)(F)F)cc(C(F)(F)F)c1)C1CSC(=NCC2CCCCC2)N1C.Cl. The van der Waals surface area contributed by atoms with E-state index >= 15 is 0 Å². The first-order valence-corrected chi connectivity index (χ1v) is 11.4. The van der Waals surface area contributed by atoms with E-state index in [0.29, 0.717) is 29.8 Å². The Morgan fingerprint density at radius 3 is 2.09 bits per heavy atom. The Hall–Kier alpha value is -1.62. The van der Waals surface area contributed by atoms with Crippen molar-refractivity contribution >= 4 is 40.9 Å². The number of benzene rings is 1. The highest BCUT2D eigenvalue weighted by atomic mass is 35.5. The molecule has 1 saturated heterocycles. The third-order valence-electron chi connectivity index (χ3n) is 5.81. The second-order valence-electron chi connectivity index (χ2n) is 8.18. The number of nitrogens with zero attached hydrogens (tertiary/aromatic N) is 3. The maximum atomic E-state index is 13.3. The van der Waals surface area contributed by atoms with Crippen LogP contribution in [0.25, 0.3) is 0 Å². The lowest BCUT2D eigenvalue weighted by molar-refractivity contribution is -0.143. The molecule has 3 rings (SSSR count). The molecule has 2 aliphatic rings. The third kappa shape index (κ3) is 6.71. The van der Waals surface area contributed by atoms with Gasteiger partial charge in [-0.15, -0.1) is 12.4 Å². The summed E-state index contributed by atoms with van der Waals surface area (Å²) in [4.78, 5) is 19.7. The minimum absolute atomic E-state index is 0. The van der Waals surface area contributed by atoms with Crippen LogP contribution in [0.3, 0.4) is 0 Å². The van der Waals surface area contributed by atoms with Gasteiger partial charge in [0.1, 0.15) is 6.17 Å². The molecule has 1 saturated carbocycles. The molecule has 0 spiro atoms. The molecule has 1 atom stereocenters. The Labute approximate surface area is 199 Å². The smallest absolute Gasteiger partial charge is 0.333 e. The van der Waals surface area contributed by atoms with Crippen LogP contribution in [-0.2, 0) is 17.1 Å². The molecule has 0 aromatic heterocycles. The van der Waals surface area contributed by atoms with E-state index in [-0.39, 0.29) is 24.2 Å². The Morgan fingerprint density at radius 1 is 1.06 bits per heavy atom. The van der Waals surface area contributed by atoms with Crippen molar-refractivity contribution in [3.8, 4) is 0 Å². The van der Waals surface area contributed by atoms with Crippen LogP contribution in [0.1, 0.15) is 50.2 Å². The maximum absolute atomic E-state index is 13.3. The van der Waals surface area contributed by atoms with Crippen LogP contribution in [0.4, 0.5) is 32.0 Å². The molecule has 33 heavy (non-hydrogen) atoms. The molecule has 186 valence electrons. The summed E-state index contributed by atoms with van der Waals surface area (Å²) in [6.45, 7) is 1.75. The first-order valence-electron chi connectivity index (χ1n) is 10.4. The molecule has 0 N–H and O–H groups in total. The molecule has 1 unspecified atom stereocenters. The summed E-state index contributed by atoms with van der Waals surface area (Å²) in [7, 11) is 1.65. The minimum Gasteiger partial charge on any atom is -0.333 e. The van der Waals surface area contributed by atoms with Crippen LogP contribution < -0.4 is 4.90 Å². The van der Waals surface area contributed by atoms with Crippen LogP contribution in [0.15, 0.2) is 23.2 Å². The van der Waals surface area contributed by atoms with Crippen molar-refractivity contribution in [2.45, 2.75) is 57.5 Å². The number of amides is 1. The second kappa shape index (κ2) is 10.8. The molecule has 1 aliphatic heterocycles. The largest absolute Gasteiger partial charge is 0.416 e. The monoisotopic (exact) mass is 517 g/mol. The predicted octanol–water partition coefficient (Wildman–Crippen LogP) is 6.44. The number of hydrogen-bond acceptors (Lipinski definition) is 3. The van der Waals surface area contributed by atoms with Crippen LogP contribution >= 0.6 is 24.2 Å². The van der Waals surface area contributed by atoms with Crippen molar-refractivity contribution in [2.75, 3.05) is 24.2 Å². The maximum Gasteiger partial charge on any atom is 0.416 e. The molecule has 12 heteroatoms. The summed E-state index contributed by atoms with van der Waals surface area (Å²) in [5.74, 6) is 0.117. The highest BCUT2D eigenvalue weighted by molar-refractivity contribution is 8.14. The van der Waals surface area contributed by atoms with Crippen LogP contribution in [0.5, 0.6) is 0 Å². The van der Waals surface area contributed by atoms with Gasteiger partial charge in [0.05, 0.1) is 11.1 Å². The van der Waals surface area contributed by atoms with E-state index in [1.54, 1.807) is 11.9 Å². The van der Waals surface area contributed by atoms with Gasteiger partial charge in [-0.1, -0.05) is 31.0 Å². The van der Waals surface area contributed by atoms with Crippen molar-refractivity contribution in [3.05, 3.63) is 29.3 Å². The zero-order valence-corrected chi connectivity index (χ0v) is 19.8. The lowest BCUT2D eigenvalue weighted by atomic mass is 9.89. The van der Waals surface area contributed by atoms with Crippen molar-refractivity contribution in [3.63, 3.8) is 0 Å². The molecule has 1 amide bonds. The van der Waals surface area contributed by atoms with Crippen LogP contribution in [0.2, 0.25) is 0 Å². The van der Waals surface area contributed by atoms with E-state index in [2.05, 4.69) is 4.99 Å². The quantitative estimate of drug-likeness (QED) is 0.431. The molecular formula is C21H26ClF6N3OS. The molecule has 0 bridgehead atoms. The van der Waals surface area contributed by atoms with Gasteiger partial charge in [-0.05, 0) is 37.0 Å². The van der Waals surface area contributed by atoms with E-state index in [9.17, 15) is 31.1 Å². The number of thioether (sulfide) groups is 1. The molecule has 2 fully saturated rings. The highest BCUT2D eigenvalue weighted by Crippen LogP contribution is 2.40. The summed E-state index contributed by atoms with van der Waals surface area (Å²) >= 11 is 1.34. The molecule has 1 heterocycles. The first kappa shape index (κ1) is 27.6. The summed E-state index contributed by atoms with van der Waals surface area (Å²) in [5, 5.41) is 0.634. The Morgan fingerprint density at radius 2 is 1.61 bits per heavy atom. The zero-order chi connectivity index (χ0) is 23.7. The molecule has 4 nitrogen and oxygen atoms in total. The number of rotatable bonds is 4. The fraction of sp³-hybridized carbons (Fsp3) is 0.619. The van der Waals surface area contributed by atoms with Crippen molar-refractivity contribution in [2.24, 2.45) is 10.9 Å². The number of hydrogen-bond donors (Lipinski definition) is 0. The van der Waals surface area contributed by atoms with Gasteiger partial charge in [0.25, 0.3) is 0 Å².